The summed E-state index contributed by atoms with van der Waals surface area (Å²) in [6.45, 7) is 0.388. The zero-order valence-electron chi connectivity index (χ0n) is 16.7. The van der Waals surface area contributed by atoms with Crippen molar-refractivity contribution in [3.8, 4) is 5.75 Å². The molecule has 3 N–H and O–H groups in total. The van der Waals surface area contributed by atoms with E-state index in [0.29, 0.717) is 13.0 Å². The maximum atomic E-state index is 13.3. The van der Waals surface area contributed by atoms with Crippen molar-refractivity contribution in [3.05, 3.63) is 48.3 Å². The average molecular weight is 465 g/mol. The van der Waals surface area contributed by atoms with Crippen LogP contribution in [0.25, 0.3) is 0 Å². The van der Waals surface area contributed by atoms with Crippen LogP contribution in [-0.4, -0.2) is 57.4 Å². The molecule has 4 rings (SSSR count). The summed E-state index contributed by atoms with van der Waals surface area (Å²) in [5, 5.41) is 13.8. The summed E-state index contributed by atoms with van der Waals surface area (Å²) in [6, 6.07) is 8.56. The van der Waals surface area contributed by atoms with Gasteiger partial charge in [0.25, 0.3) is 10.0 Å². The summed E-state index contributed by atoms with van der Waals surface area (Å²) in [5.41, 5.74) is 0.263. The van der Waals surface area contributed by atoms with Gasteiger partial charge in [-0.05, 0) is 42.5 Å². The molecule has 2 aromatic carbocycles. The van der Waals surface area contributed by atoms with E-state index in [1.165, 1.54) is 18.2 Å². The van der Waals surface area contributed by atoms with Gasteiger partial charge >= 0.3 is 6.09 Å². The molecule has 170 valence electrons. The van der Waals surface area contributed by atoms with Crippen LogP contribution in [0.5, 0.6) is 5.75 Å². The number of nitrogens with zero attached hydrogens (tertiary/aromatic N) is 1. The maximum Gasteiger partial charge on any atom is 0.409 e. The summed E-state index contributed by atoms with van der Waals surface area (Å²) in [7, 11) is -4.14. The standard InChI is InChI=1S/C20H20FN3O7S/c21-12-1-4-15(5-2-12)32(28,29)24-11-14(10-22-19(25)18-7-8-30-18)31-17-6-3-13(9-16(17)24)23-20(26)27/h1-6,9,14,18,23H,7-8,10-11H2,(H,22,25)(H,26,27)/t14-,18?/m0/s1. The Labute approximate surface area is 183 Å². The Hall–Kier alpha value is -3.38. The van der Waals surface area contributed by atoms with Crippen LogP contribution < -0.4 is 19.7 Å². The van der Waals surface area contributed by atoms with E-state index in [1.54, 1.807) is 0 Å². The first-order chi connectivity index (χ1) is 15.2. The molecule has 1 saturated heterocycles. The lowest BCUT2D eigenvalue weighted by Gasteiger charge is -2.36. The Morgan fingerprint density at radius 2 is 1.91 bits per heavy atom. The zero-order valence-corrected chi connectivity index (χ0v) is 17.5. The topological polar surface area (TPSA) is 134 Å². The molecule has 32 heavy (non-hydrogen) atoms. The lowest BCUT2D eigenvalue weighted by atomic mass is 10.1. The number of nitrogens with one attached hydrogen (secondary N) is 2. The van der Waals surface area contributed by atoms with Gasteiger partial charge in [-0.1, -0.05) is 0 Å². The van der Waals surface area contributed by atoms with Crippen molar-refractivity contribution in [3.63, 3.8) is 0 Å². The molecule has 0 spiro atoms. The molecule has 2 heterocycles. The second-order valence-corrected chi connectivity index (χ2v) is 9.10. The van der Waals surface area contributed by atoms with Crippen molar-refractivity contribution in [2.75, 3.05) is 29.3 Å². The minimum Gasteiger partial charge on any atom is -0.484 e. The summed E-state index contributed by atoms with van der Waals surface area (Å²) < 4.78 is 52.1. The molecule has 2 atom stereocenters. The highest BCUT2D eigenvalue weighted by atomic mass is 32.2. The average Bonchev–Trinajstić information content (AvgIpc) is 2.70. The lowest BCUT2D eigenvalue weighted by Crippen LogP contribution is -2.51. The van der Waals surface area contributed by atoms with Crippen LogP contribution in [-0.2, 0) is 19.6 Å². The van der Waals surface area contributed by atoms with Crippen LogP contribution >= 0.6 is 0 Å². The second-order valence-electron chi connectivity index (χ2n) is 7.24. The molecule has 2 aliphatic heterocycles. The number of carbonyl (C=O) groups excluding carboxylic acids is 1. The Morgan fingerprint density at radius 1 is 1.19 bits per heavy atom. The fourth-order valence-electron chi connectivity index (χ4n) is 3.35. The lowest BCUT2D eigenvalue weighted by molar-refractivity contribution is -0.145. The van der Waals surface area contributed by atoms with Crippen molar-refractivity contribution in [1.82, 2.24) is 5.32 Å². The Kier molecular flexibility index (Phi) is 5.89. The Balaban J connectivity index is 1.64. The minimum absolute atomic E-state index is 0.0305. The molecule has 0 radical (unpaired) electrons. The summed E-state index contributed by atoms with van der Waals surface area (Å²) >= 11 is 0. The third kappa shape index (κ3) is 4.46. The molecular weight excluding hydrogens is 445 g/mol. The van der Waals surface area contributed by atoms with Crippen molar-refractivity contribution in [2.24, 2.45) is 0 Å². The number of anilines is 2. The number of halogens is 1. The first-order valence-corrected chi connectivity index (χ1v) is 11.2. The highest BCUT2D eigenvalue weighted by Crippen LogP contribution is 2.39. The molecular formula is C20H20FN3O7S. The number of carbonyl (C=O) groups is 2. The van der Waals surface area contributed by atoms with E-state index in [0.717, 1.165) is 28.6 Å². The number of benzene rings is 2. The minimum atomic E-state index is -4.14. The summed E-state index contributed by atoms with van der Waals surface area (Å²) in [5.74, 6) is -0.699. The first-order valence-electron chi connectivity index (χ1n) is 9.72. The molecule has 0 saturated carbocycles. The largest absolute Gasteiger partial charge is 0.484 e. The predicted molar refractivity (Wildman–Crippen MR) is 111 cm³/mol. The van der Waals surface area contributed by atoms with Gasteiger partial charge in [-0.3, -0.25) is 14.4 Å². The quantitative estimate of drug-likeness (QED) is 0.592. The van der Waals surface area contributed by atoms with E-state index < -0.39 is 34.1 Å². The van der Waals surface area contributed by atoms with Crippen molar-refractivity contribution >= 4 is 33.4 Å². The Morgan fingerprint density at radius 3 is 2.53 bits per heavy atom. The van der Waals surface area contributed by atoms with Crippen LogP contribution in [0, 0.1) is 5.82 Å². The van der Waals surface area contributed by atoms with Gasteiger partial charge in [0.2, 0.25) is 5.91 Å². The second kappa shape index (κ2) is 8.63. The Bertz CT molecular complexity index is 1140. The van der Waals surface area contributed by atoms with Crippen molar-refractivity contribution < 1.29 is 37.0 Å². The summed E-state index contributed by atoms with van der Waals surface area (Å²) in [6.07, 6.45) is -1.94. The molecule has 0 aliphatic carbocycles. The molecule has 10 nitrogen and oxygen atoms in total. The number of carboxylic acid groups (broad SMARTS) is 1. The van der Waals surface area contributed by atoms with Gasteiger partial charge in [0.15, 0.2) is 0 Å². The number of sulfonamides is 1. The molecule has 0 aromatic heterocycles. The molecule has 2 amide bonds. The first kappa shape index (κ1) is 21.8. The number of amides is 2. The van der Waals surface area contributed by atoms with Crippen LogP contribution in [0.1, 0.15) is 6.42 Å². The third-order valence-corrected chi connectivity index (χ3v) is 6.83. The van der Waals surface area contributed by atoms with Gasteiger partial charge < -0.3 is 19.9 Å². The van der Waals surface area contributed by atoms with E-state index in [1.807, 2.05) is 0 Å². The van der Waals surface area contributed by atoms with Gasteiger partial charge in [-0.25, -0.2) is 17.6 Å². The van der Waals surface area contributed by atoms with E-state index in [4.69, 9.17) is 14.6 Å². The molecule has 1 unspecified atom stereocenters. The highest BCUT2D eigenvalue weighted by molar-refractivity contribution is 7.92. The fourth-order valence-corrected chi connectivity index (χ4v) is 4.85. The van der Waals surface area contributed by atoms with Crippen molar-refractivity contribution in [1.29, 1.82) is 0 Å². The molecule has 1 fully saturated rings. The van der Waals surface area contributed by atoms with E-state index >= 15 is 0 Å². The normalized spacial score (nSPS) is 19.8. The van der Waals surface area contributed by atoms with Crippen LogP contribution in [0.15, 0.2) is 47.4 Å². The fraction of sp³-hybridized carbons (Fsp3) is 0.300. The molecule has 0 bridgehead atoms. The van der Waals surface area contributed by atoms with E-state index in [-0.39, 0.29) is 41.0 Å². The van der Waals surface area contributed by atoms with Crippen molar-refractivity contribution in [2.45, 2.75) is 23.5 Å². The number of rotatable bonds is 6. The highest BCUT2D eigenvalue weighted by Gasteiger charge is 2.36. The molecule has 12 heteroatoms. The smallest absolute Gasteiger partial charge is 0.409 e. The monoisotopic (exact) mass is 465 g/mol. The maximum absolute atomic E-state index is 13.3. The number of ether oxygens (including phenoxy) is 2. The third-order valence-electron chi connectivity index (χ3n) is 5.04. The molecule has 2 aromatic rings. The van der Waals surface area contributed by atoms with Gasteiger partial charge in [-0.2, -0.15) is 0 Å². The number of fused-ring (bicyclic) bond motifs is 1. The van der Waals surface area contributed by atoms with Gasteiger partial charge in [0, 0.05) is 12.1 Å². The van der Waals surface area contributed by atoms with Gasteiger partial charge in [-0.15, -0.1) is 0 Å². The van der Waals surface area contributed by atoms with E-state index in [9.17, 15) is 22.4 Å². The van der Waals surface area contributed by atoms with Crippen LogP contribution in [0.3, 0.4) is 0 Å². The summed E-state index contributed by atoms with van der Waals surface area (Å²) in [4.78, 5) is 22.9. The predicted octanol–water partition coefficient (Wildman–Crippen LogP) is 1.78. The molecule has 2 aliphatic rings. The van der Waals surface area contributed by atoms with Crippen LogP contribution in [0.4, 0.5) is 20.6 Å². The number of hydrogen-bond donors (Lipinski definition) is 3. The van der Waals surface area contributed by atoms with Gasteiger partial charge in [0.1, 0.15) is 23.8 Å². The number of hydrogen-bond acceptors (Lipinski definition) is 6. The van der Waals surface area contributed by atoms with E-state index in [2.05, 4.69) is 10.6 Å². The van der Waals surface area contributed by atoms with Crippen LogP contribution in [0.2, 0.25) is 0 Å². The SMILES string of the molecule is O=C(O)Nc1ccc2c(c1)N(S(=O)(=O)c1ccc(F)cc1)C[C@H](CNC(=O)C1CCO1)O2. The zero-order chi connectivity index (χ0) is 22.9. The van der Waals surface area contributed by atoms with Gasteiger partial charge in [0.05, 0.1) is 30.3 Å².